The first-order valence-corrected chi connectivity index (χ1v) is 8.24. The van der Waals surface area contributed by atoms with Gasteiger partial charge in [-0.05, 0) is 19.1 Å². The Balaban J connectivity index is 1.47. The Labute approximate surface area is 144 Å². The summed E-state index contributed by atoms with van der Waals surface area (Å²) in [5.41, 5.74) is 2.11. The number of hydrogen-bond donors (Lipinski definition) is 0. The van der Waals surface area contributed by atoms with E-state index in [1.165, 1.54) is 12.5 Å². The van der Waals surface area contributed by atoms with Gasteiger partial charge in [-0.15, -0.1) is 0 Å². The summed E-state index contributed by atoms with van der Waals surface area (Å²) in [4.78, 5) is 28.6. The van der Waals surface area contributed by atoms with Crippen LogP contribution in [0.4, 0.5) is 0 Å². The van der Waals surface area contributed by atoms with Gasteiger partial charge in [-0.1, -0.05) is 18.2 Å². The third-order valence-corrected chi connectivity index (χ3v) is 4.66. The van der Waals surface area contributed by atoms with Crippen LogP contribution in [-0.4, -0.2) is 47.8 Å². The van der Waals surface area contributed by atoms with Crippen molar-refractivity contribution in [1.82, 2.24) is 9.80 Å². The Morgan fingerprint density at radius 3 is 2.28 bits per heavy atom. The molecule has 4 rings (SSSR count). The molecule has 6 nitrogen and oxygen atoms in total. The van der Waals surface area contributed by atoms with E-state index in [-0.39, 0.29) is 11.8 Å². The van der Waals surface area contributed by atoms with Crippen LogP contribution in [0.3, 0.4) is 0 Å². The van der Waals surface area contributed by atoms with Gasteiger partial charge in [0.05, 0.1) is 11.8 Å². The Bertz CT molecular complexity index is 918. The maximum Gasteiger partial charge on any atom is 0.290 e. The number of para-hydroxylation sites is 1. The number of fused-ring (bicyclic) bond motifs is 1. The van der Waals surface area contributed by atoms with Crippen LogP contribution >= 0.6 is 0 Å². The van der Waals surface area contributed by atoms with Crippen molar-refractivity contribution in [1.29, 1.82) is 0 Å². The molecule has 0 bridgehead atoms. The molecule has 2 amide bonds. The predicted octanol–water partition coefficient (Wildman–Crippen LogP) is 2.93. The van der Waals surface area contributed by atoms with Crippen LogP contribution in [0.1, 0.15) is 26.5 Å². The highest BCUT2D eigenvalue weighted by Gasteiger charge is 2.28. The molecule has 1 aromatic carbocycles. The molecule has 0 saturated carbocycles. The van der Waals surface area contributed by atoms with Crippen LogP contribution in [0.2, 0.25) is 0 Å². The minimum Gasteiger partial charge on any atom is -0.472 e. The van der Waals surface area contributed by atoms with E-state index in [0.29, 0.717) is 37.5 Å². The highest BCUT2D eigenvalue weighted by Crippen LogP contribution is 2.26. The van der Waals surface area contributed by atoms with Gasteiger partial charge in [-0.2, -0.15) is 0 Å². The fraction of sp³-hybridized carbons (Fsp3) is 0.263. The normalized spacial score (nSPS) is 14.9. The predicted molar refractivity (Wildman–Crippen MR) is 91.5 cm³/mol. The van der Waals surface area contributed by atoms with Gasteiger partial charge in [-0.25, -0.2) is 0 Å². The molecule has 6 heteroatoms. The smallest absolute Gasteiger partial charge is 0.290 e. The minimum absolute atomic E-state index is 0.0687. The van der Waals surface area contributed by atoms with Crippen LogP contribution in [0, 0.1) is 6.92 Å². The molecule has 0 N–H and O–H groups in total. The summed E-state index contributed by atoms with van der Waals surface area (Å²) >= 11 is 0. The summed E-state index contributed by atoms with van der Waals surface area (Å²) in [6, 6.07) is 9.28. The molecule has 3 aromatic rings. The molecule has 1 aliphatic rings. The topological polar surface area (TPSA) is 66.9 Å². The minimum atomic E-state index is -0.121. The summed E-state index contributed by atoms with van der Waals surface area (Å²) < 4.78 is 10.7. The van der Waals surface area contributed by atoms with E-state index in [9.17, 15) is 9.59 Å². The van der Waals surface area contributed by atoms with Crippen molar-refractivity contribution in [3.8, 4) is 0 Å². The monoisotopic (exact) mass is 338 g/mol. The van der Waals surface area contributed by atoms with Crippen LogP contribution in [0.5, 0.6) is 0 Å². The zero-order valence-electron chi connectivity index (χ0n) is 13.9. The summed E-state index contributed by atoms with van der Waals surface area (Å²) in [6.45, 7) is 3.86. The van der Waals surface area contributed by atoms with Gasteiger partial charge in [0.25, 0.3) is 11.8 Å². The fourth-order valence-electron chi connectivity index (χ4n) is 3.20. The van der Waals surface area contributed by atoms with E-state index < -0.39 is 0 Å². The molecule has 0 unspecified atom stereocenters. The highest BCUT2D eigenvalue weighted by atomic mass is 16.3. The van der Waals surface area contributed by atoms with Crippen molar-refractivity contribution in [2.24, 2.45) is 0 Å². The zero-order chi connectivity index (χ0) is 17.4. The number of nitrogens with zero attached hydrogens (tertiary/aromatic N) is 2. The number of rotatable bonds is 2. The average molecular weight is 338 g/mol. The lowest BCUT2D eigenvalue weighted by atomic mass is 10.1. The third-order valence-electron chi connectivity index (χ3n) is 4.66. The molecule has 0 atom stereocenters. The number of amides is 2. The van der Waals surface area contributed by atoms with Crippen molar-refractivity contribution in [3.05, 3.63) is 59.7 Å². The lowest BCUT2D eigenvalue weighted by Crippen LogP contribution is -2.50. The lowest BCUT2D eigenvalue weighted by Gasteiger charge is -2.34. The highest BCUT2D eigenvalue weighted by molar-refractivity contribution is 5.99. The number of carbonyl (C=O) groups is 2. The number of benzene rings is 1. The van der Waals surface area contributed by atoms with Crippen LogP contribution in [0.25, 0.3) is 11.0 Å². The van der Waals surface area contributed by atoms with Gasteiger partial charge in [0.2, 0.25) is 0 Å². The van der Waals surface area contributed by atoms with E-state index >= 15 is 0 Å². The summed E-state index contributed by atoms with van der Waals surface area (Å²) in [5.74, 6) is 0.195. The van der Waals surface area contributed by atoms with E-state index in [0.717, 1.165) is 16.5 Å². The first-order valence-electron chi connectivity index (χ1n) is 8.24. The van der Waals surface area contributed by atoms with Gasteiger partial charge in [0.15, 0.2) is 5.76 Å². The Morgan fingerprint density at radius 1 is 0.960 bits per heavy atom. The summed E-state index contributed by atoms with van der Waals surface area (Å²) in [5, 5.41) is 0.958. The Morgan fingerprint density at radius 2 is 1.64 bits per heavy atom. The second-order valence-electron chi connectivity index (χ2n) is 6.15. The number of hydrogen-bond acceptors (Lipinski definition) is 4. The second-order valence-corrected chi connectivity index (χ2v) is 6.15. The van der Waals surface area contributed by atoms with Crippen molar-refractivity contribution in [2.75, 3.05) is 26.2 Å². The molecule has 0 radical (unpaired) electrons. The summed E-state index contributed by atoms with van der Waals surface area (Å²) in [6.07, 6.45) is 2.93. The van der Waals surface area contributed by atoms with Gasteiger partial charge >= 0.3 is 0 Å². The molecule has 25 heavy (non-hydrogen) atoms. The Hall–Kier alpha value is -3.02. The van der Waals surface area contributed by atoms with Gasteiger partial charge in [0.1, 0.15) is 11.8 Å². The molecule has 0 spiro atoms. The molecule has 2 aromatic heterocycles. The SMILES string of the molecule is Cc1c(C(=O)N2CCN(C(=O)c3ccoc3)CC2)oc2ccccc12. The van der Waals surface area contributed by atoms with E-state index in [1.807, 2.05) is 31.2 Å². The fourth-order valence-corrected chi connectivity index (χ4v) is 3.20. The molecule has 1 fully saturated rings. The Kier molecular flexibility index (Phi) is 3.80. The van der Waals surface area contributed by atoms with Gasteiger partial charge in [-0.3, -0.25) is 9.59 Å². The number of piperazine rings is 1. The van der Waals surface area contributed by atoms with Gasteiger partial charge in [0, 0.05) is 37.1 Å². The molecule has 1 aliphatic heterocycles. The maximum absolute atomic E-state index is 12.8. The van der Waals surface area contributed by atoms with Crippen molar-refractivity contribution in [3.63, 3.8) is 0 Å². The summed E-state index contributed by atoms with van der Waals surface area (Å²) in [7, 11) is 0. The zero-order valence-corrected chi connectivity index (χ0v) is 13.9. The molecule has 3 heterocycles. The third kappa shape index (κ3) is 2.69. The standard InChI is InChI=1S/C19H18N2O4/c1-13-15-4-2-3-5-16(15)25-17(13)19(23)21-9-7-20(8-10-21)18(22)14-6-11-24-12-14/h2-6,11-12H,7-10H2,1H3. The van der Waals surface area contributed by atoms with E-state index in [4.69, 9.17) is 8.83 Å². The number of furan rings is 2. The second kappa shape index (κ2) is 6.12. The number of carbonyl (C=O) groups excluding carboxylic acids is 2. The van der Waals surface area contributed by atoms with E-state index in [2.05, 4.69) is 0 Å². The average Bonchev–Trinajstić information content (AvgIpc) is 3.30. The van der Waals surface area contributed by atoms with Crippen LogP contribution in [-0.2, 0) is 0 Å². The largest absolute Gasteiger partial charge is 0.472 e. The molecular weight excluding hydrogens is 320 g/mol. The first-order chi connectivity index (χ1) is 12.1. The van der Waals surface area contributed by atoms with Crippen LogP contribution in [0.15, 0.2) is 51.7 Å². The van der Waals surface area contributed by atoms with Crippen molar-refractivity contribution < 1.29 is 18.4 Å². The molecule has 0 aliphatic carbocycles. The lowest BCUT2D eigenvalue weighted by molar-refractivity contribution is 0.0518. The van der Waals surface area contributed by atoms with Crippen molar-refractivity contribution >= 4 is 22.8 Å². The van der Waals surface area contributed by atoms with E-state index in [1.54, 1.807) is 15.9 Å². The molecule has 1 saturated heterocycles. The van der Waals surface area contributed by atoms with Crippen molar-refractivity contribution in [2.45, 2.75) is 6.92 Å². The first kappa shape index (κ1) is 15.5. The molecular formula is C19H18N2O4. The van der Waals surface area contributed by atoms with Gasteiger partial charge < -0.3 is 18.6 Å². The maximum atomic E-state index is 12.8. The molecule has 128 valence electrons. The van der Waals surface area contributed by atoms with Crippen LogP contribution < -0.4 is 0 Å². The number of aryl methyl sites for hydroxylation is 1. The quantitative estimate of drug-likeness (QED) is 0.720.